The number of para-hydroxylation sites is 1. The molecule has 0 aliphatic heterocycles. The maximum Gasteiger partial charge on any atom is 0.352 e. The number of carbonyl (C=O) groups is 1. The predicted octanol–water partition coefficient (Wildman–Crippen LogP) is 1.86. The molecule has 0 radical (unpaired) electrons. The van der Waals surface area contributed by atoms with Crippen molar-refractivity contribution in [2.24, 2.45) is 0 Å². The van der Waals surface area contributed by atoms with Crippen molar-refractivity contribution in [3.8, 4) is 5.69 Å². The van der Waals surface area contributed by atoms with Crippen molar-refractivity contribution in [2.45, 2.75) is 19.9 Å². The molecule has 1 aromatic heterocycles. The first-order valence-electron chi connectivity index (χ1n) is 8.94. The van der Waals surface area contributed by atoms with Crippen LogP contribution in [-0.2, 0) is 6.54 Å². The minimum atomic E-state index is -0.948. The van der Waals surface area contributed by atoms with Gasteiger partial charge < -0.3 is 5.32 Å². The number of halogens is 2. The molecule has 150 valence electrons. The van der Waals surface area contributed by atoms with Gasteiger partial charge in [-0.1, -0.05) is 31.2 Å². The van der Waals surface area contributed by atoms with Crippen molar-refractivity contribution in [1.29, 1.82) is 0 Å². The van der Waals surface area contributed by atoms with Crippen molar-refractivity contribution in [3.05, 3.63) is 92.3 Å². The summed E-state index contributed by atoms with van der Waals surface area (Å²) >= 11 is 0. The van der Waals surface area contributed by atoms with Crippen LogP contribution in [0.25, 0.3) is 5.69 Å². The van der Waals surface area contributed by atoms with Gasteiger partial charge in [0.2, 0.25) is 5.69 Å². The van der Waals surface area contributed by atoms with Gasteiger partial charge in [-0.25, -0.2) is 13.6 Å². The summed E-state index contributed by atoms with van der Waals surface area (Å²) in [6, 6.07) is 10.7. The van der Waals surface area contributed by atoms with Gasteiger partial charge in [0.1, 0.15) is 17.3 Å². The van der Waals surface area contributed by atoms with E-state index in [1.54, 1.807) is 0 Å². The molecule has 0 aliphatic carbocycles. The summed E-state index contributed by atoms with van der Waals surface area (Å²) < 4.78 is 29.2. The van der Waals surface area contributed by atoms with E-state index in [1.807, 2.05) is 6.92 Å². The molecule has 1 N–H and O–H groups in total. The third kappa shape index (κ3) is 4.29. The average molecular weight is 400 g/mol. The highest BCUT2D eigenvalue weighted by Gasteiger charge is 2.21. The predicted molar refractivity (Wildman–Crippen MR) is 102 cm³/mol. The van der Waals surface area contributed by atoms with Gasteiger partial charge in [-0.3, -0.25) is 14.2 Å². The van der Waals surface area contributed by atoms with E-state index in [9.17, 15) is 23.2 Å². The van der Waals surface area contributed by atoms with Crippen molar-refractivity contribution < 1.29 is 13.6 Å². The fourth-order valence-electron chi connectivity index (χ4n) is 2.72. The van der Waals surface area contributed by atoms with Crippen LogP contribution in [0.2, 0.25) is 0 Å². The molecule has 0 atom stereocenters. The van der Waals surface area contributed by atoms with E-state index >= 15 is 0 Å². The minimum Gasteiger partial charge on any atom is -0.350 e. The molecule has 3 rings (SSSR count). The molecule has 0 unspecified atom stereocenters. The van der Waals surface area contributed by atoms with Crippen LogP contribution in [0.3, 0.4) is 0 Å². The topological polar surface area (TPSA) is 86.0 Å². The van der Waals surface area contributed by atoms with E-state index in [0.29, 0.717) is 23.2 Å². The third-order valence-corrected chi connectivity index (χ3v) is 4.12. The summed E-state index contributed by atoms with van der Waals surface area (Å²) in [4.78, 5) is 38.1. The number of hydrogen-bond donors (Lipinski definition) is 1. The van der Waals surface area contributed by atoms with Gasteiger partial charge >= 0.3 is 5.69 Å². The highest BCUT2D eigenvalue weighted by Crippen LogP contribution is 2.09. The zero-order valence-corrected chi connectivity index (χ0v) is 15.6. The van der Waals surface area contributed by atoms with Gasteiger partial charge in [-0.2, -0.15) is 9.78 Å². The smallest absolute Gasteiger partial charge is 0.350 e. The van der Waals surface area contributed by atoms with E-state index in [1.165, 1.54) is 36.4 Å². The number of aromatic nitrogens is 3. The molecule has 0 aliphatic rings. The Labute approximate surface area is 164 Å². The Morgan fingerprint density at radius 1 is 1.10 bits per heavy atom. The number of hydrogen-bond acceptors (Lipinski definition) is 4. The lowest BCUT2D eigenvalue weighted by Crippen LogP contribution is -2.46. The second-order valence-electron chi connectivity index (χ2n) is 6.27. The maximum absolute atomic E-state index is 14.3. The number of carbonyl (C=O) groups excluding carboxylic acids is 1. The Balaban J connectivity index is 2.22. The number of nitrogens with zero attached hydrogens (tertiary/aromatic N) is 3. The molecule has 7 nitrogen and oxygen atoms in total. The molecule has 9 heteroatoms. The Bertz CT molecular complexity index is 1170. The molecule has 0 saturated heterocycles. The van der Waals surface area contributed by atoms with Gasteiger partial charge in [-0.15, -0.1) is 0 Å². The van der Waals surface area contributed by atoms with Crippen LogP contribution in [0.4, 0.5) is 8.78 Å². The minimum absolute atomic E-state index is 0.213. The van der Waals surface area contributed by atoms with Gasteiger partial charge in [0.25, 0.3) is 11.5 Å². The first kappa shape index (κ1) is 20.1. The Kier molecular flexibility index (Phi) is 5.96. The van der Waals surface area contributed by atoms with Crippen molar-refractivity contribution >= 4 is 5.91 Å². The number of amides is 1. The van der Waals surface area contributed by atoms with Gasteiger partial charge in [0, 0.05) is 6.54 Å². The third-order valence-electron chi connectivity index (χ3n) is 4.12. The molecule has 29 heavy (non-hydrogen) atoms. The first-order valence-corrected chi connectivity index (χ1v) is 8.94. The highest BCUT2D eigenvalue weighted by atomic mass is 19.1. The molecule has 0 bridgehead atoms. The fourth-order valence-corrected chi connectivity index (χ4v) is 2.72. The second-order valence-corrected chi connectivity index (χ2v) is 6.27. The molecule has 0 fully saturated rings. The highest BCUT2D eigenvalue weighted by molar-refractivity contribution is 5.91. The molecular weight excluding hydrogens is 382 g/mol. The molecular formula is C20H18F2N4O3. The lowest BCUT2D eigenvalue weighted by molar-refractivity contribution is 0.0943. The Morgan fingerprint density at radius 2 is 1.86 bits per heavy atom. The molecule has 2 aromatic carbocycles. The molecule has 3 aromatic rings. The SMILES string of the molecule is CCCNC(=O)c1nn(-c2ccccc2F)c(=O)n(Cc2cccc(F)c2)c1=O. The second kappa shape index (κ2) is 8.59. The Hall–Kier alpha value is -3.62. The number of nitrogens with one attached hydrogen (secondary N) is 1. The van der Waals surface area contributed by atoms with Crippen molar-refractivity contribution in [1.82, 2.24) is 19.7 Å². The van der Waals surface area contributed by atoms with E-state index in [2.05, 4.69) is 10.4 Å². The molecule has 1 heterocycles. The van der Waals surface area contributed by atoms with Gasteiger partial charge in [-0.05, 0) is 36.2 Å². The summed E-state index contributed by atoms with van der Waals surface area (Å²) in [5.41, 5.74) is -2.33. The van der Waals surface area contributed by atoms with Gasteiger partial charge in [0.05, 0.1) is 6.54 Å². The fraction of sp³-hybridized carbons (Fsp3) is 0.200. The van der Waals surface area contributed by atoms with Crippen LogP contribution in [-0.4, -0.2) is 26.8 Å². The van der Waals surface area contributed by atoms with Crippen LogP contribution in [0.15, 0.2) is 58.1 Å². The largest absolute Gasteiger partial charge is 0.352 e. The lowest BCUT2D eigenvalue weighted by atomic mass is 10.2. The summed E-state index contributed by atoms with van der Waals surface area (Å²) in [7, 11) is 0. The quantitative estimate of drug-likeness (QED) is 0.684. The molecule has 1 amide bonds. The monoisotopic (exact) mass is 400 g/mol. The Morgan fingerprint density at radius 3 is 2.55 bits per heavy atom. The van der Waals surface area contributed by atoms with E-state index in [0.717, 1.165) is 16.7 Å². The lowest BCUT2D eigenvalue weighted by Gasteiger charge is -2.12. The van der Waals surface area contributed by atoms with Crippen LogP contribution in [0.5, 0.6) is 0 Å². The normalized spacial score (nSPS) is 10.7. The summed E-state index contributed by atoms with van der Waals surface area (Å²) in [6.45, 7) is 1.82. The summed E-state index contributed by atoms with van der Waals surface area (Å²) in [5.74, 6) is -2.08. The van der Waals surface area contributed by atoms with E-state index in [-0.39, 0.29) is 12.2 Å². The zero-order valence-electron chi connectivity index (χ0n) is 15.6. The molecule has 0 saturated carbocycles. The van der Waals surface area contributed by atoms with E-state index < -0.39 is 34.5 Å². The van der Waals surface area contributed by atoms with Crippen molar-refractivity contribution in [3.63, 3.8) is 0 Å². The van der Waals surface area contributed by atoms with E-state index in [4.69, 9.17) is 0 Å². The zero-order chi connectivity index (χ0) is 21.0. The average Bonchev–Trinajstić information content (AvgIpc) is 2.70. The standard InChI is InChI=1S/C20H18F2N4O3/c1-2-10-23-18(27)17-19(28)25(12-13-6-5-7-14(21)11-13)20(29)26(24-17)16-9-4-3-8-15(16)22/h3-9,11H,2,10,12H2,1H3,(H,23,27). The number of benzene rings is 2. The van der Waals surface area contributed by atoms with Crippen molar-refractivity contribution in [2.75, 3.05) is 6.54 Å². The number of rotatable bonds is 6. The summed E-state index contributed by atoms with van der Waals surface area (Å²) in [5, 5.41) is 6.34. The van der Waals surface area contributed by atoms with Gasteiger partial charge in [0.15, 0.2) is 0 Å². The first-order chi connectivity index (χ1) is 13.9. The van der Waals surface area contributed by atoms with Crippen LogP contribution in [0.1, 0.15) is 29.4 Å². The van der Waals surface area contributed by atoms with Crippen LogP contribution in [0, 0.1) is 11.6 Å². The summed E-state index contributed by atoms with van der Waals surface area (Å²) in [6.07, 6.45) is 0.621. The van der Waals surface area contributed by atoms with Crippen LogP contribution < -0.4 is 16.6 Å². The maximum atomic E-state index is 14.3. The van der Waals surface area contributed by atoms with Crippen LogP contribution >= 0.6 is 0 Å². The molecule has 0 spiro atoms.